The number of benzene rings is 1. The molecule has 1 fully saturated rings. The Bertz CT molecular complexity index is 1020. The Labute approximate surface area is 181 Å². The number of hydrogen-bond acceptors (Lipinski definition) is 5. The second-order valence-electron chi connectivity index (χ2n) is 8.22. The van der Waals surface area contributed by atoms with Crippen molar-refractivity contribution >= 4 is 17.5 Å². The molecule has 1 atom stereocenters. The number of aromatic nitrogens is 1. The van der Waals surface area contributed by atoms with Gasteiger partial charge in [-0.15, -0.1) is 0 Å². The first-order valence-corrected chi connectivity index (χ1v) is 10.6. The lowest BCUT2D eigenvalue weighted by atomic mass is 10.1. The van der Waals surface area contributed by atoms with E-state index >= 15 is 0 Å². The quantitative estimate of drug-likeness (QED) is 0.683. The number of aryl methyl sites for hydroxylation is 1. The summed E-state index contributed by atoms with van der Waals surface area (Å²) in [6.07, 6.45) is -0.646. The molecule has 1 aromatic carbocycles. The van der Waals surface area contributed by atoms with Crippen molar-refractivity contribution < 1.29 is 28.8 Å². The number of quaternary nitrogens is 1. The van der Waals surface area contributed by atoms with Gasteiger partial charge >= 0.3 is 0 Å². The average molecular weight is 426 g/mol. The van der Waals surface area contributed by atoms with E-state index < -0.39 is 6.10 Å². The Morgan fingerprint density at radius 2 is 1.81 bits per heavy atom. The first kappa shape index (κ1) is 21.1. The summed E-state index contributed by atoms with van der Waals surface area (Å²) in [4.78, 5) is 43.5. The number of piperazine rings is 1. The number of rotatable bonds is 5. The van der Waals surface area contributed by atoms with Gasteiger partial charge in [0.1, 0.15) is 13.2 Å². The van der Waals surface area contributed by atoms with Gasteiger partial charge in [0, 0.05) is 11.3 Å². The summed E-state index contributed by atoms with van der Waals surface area (Å²) in [6, 6.07) is 7.33. The third-order valence-electron chi connectivity index (χ3n) is 6.05. The molecule has 2 aromatic rings. The fraction of sp³-hybridized carbons (Fsp3) is 0.435. The third-order valence-corrected chi connectivity index (χ3v) is 6.05. The minimum absolute atomic E-state index is 0.0107. The van der Waals surface area contributed by atoms with Gasteiger partial charge < -0.3 is 24.3 Å². The fourth-order valence-electron chi connectivity index (χ4n) is 4.44. The molecule has 0 bridgehead atoms. The molecule has 1 aromatic heterocycles. The normalized spacial score (nSPS) is 18.7. The third kappa shape index (κ3) is 4.20. The molecule has 3 heterocycles. The lowest BCUT2D eigenvalue weighted by molar-refractivity contribution is -0.895. The molecule has 0 aliphatic carbocycles. The van der Waals surface area contributed by atoms with Crippen LogP contribution in [0.1, 0.15) is 39.0 Å². The maximum atomic E-state index is 12.9. The van der Waals surface area contributed by atoms with Crippen LogP contribution in [0.4, 0.5) is 0 Å². The Balaban J connectivity index is 1.32. The van der Waals surface area contributed by atoms with E-state index in [9.17, 15) is 14.4 Å². The lowest BCUT2D eigenvalue weighted by Gasteiger charge is -2.35. The first-order valence-electron chi connectivity index (χ1n) is 10.6. The molecular formula is C23H28N3O5+. The van der Waals surface area contributed by atoms with Gasteiger partial charge in [-0.2, -0.15) is 0 Å². The maximum absolute atomic E-state index is 12.9. The Kier molecular flexibility index (Phi) is 5.82. The number of carbonyl (C=O) groups is 3. The van der Waals surface area contributed by atoms with Crippen LogP contribution in [-0.4, -0.2) is 72.8 Å². The molecule has 164 valence electrons. The van der Waals surface area contributed by atoms with Crippen molar-refractivity contribution in [2.24, 2.45) is 0 Å². The topological polar surface area (TPSA) is 93.1 Å². The monoisotopic (exact) mass is 426 g/mol. The summed E-state index contributed by atoms with van der Waals surface area (Å²) in [5, 5.41) is 0. The number of aromatic amines is 1. The number of H-pyrrole nitrogens is 1. The van der Waals surface area contributed by atoms with E-state index in [1.165, 1.54) is 6.92 Å². The van der Waals surface area contributed by atoms with Gasteiger partial charge in [0.15, 0.2) is 17.3 Å². The second kappa shape index (κ2) is 8.55. The minimum Gasteiger partial charge on any atom is -0.485 e. The molecule has 8 nitrogen and oxygen atoms in total. The molecule has 1 amide bonds. The van der Waals surface area contributed by atoms with Gasteiger partial charge in [0.25, 0.3) is 5.91 Å². The van der Waals surface area contributed by atoms with Crippen LogP contribution in [0, 0.1) is 13.8 Å². The molecule has 0 radical (unpaired) electrons. The summed E-state index contributed by atoms with van der Waals surface area (Å²) in [5.74, 6) is 1.11. The van der Waals surface area contributed by atoms with E-state index in [1.807, 2.05) is 32.0 Å². The molecule has 2 aliphatic heterocycles. The zero-order chi connectivity index (χ0) is 22.1. The number of Topliss-reactive ketones (excluding diaryl/α,β-unsaturated/α-hetero) is 2. The lowest BCUT2D eigenvalue weighted by Crippen LogP contribution is -3.15. The largest absolute Gasteiger partial charge is 0.485 e. The highest BCUT2D eigenvalue weighted by molar-refractivity contribution is 6.03. The van der Waals surface area contributed by atoms with E-state index in [0.29, 0.717) is 55.5 Å². The highest BCUT2D eigenvalue weighted by Gasteiger charge is 2.34. The van der Waals surface area contributed by atoms with Crippen LogP contribution in [0.5, 0.6) is 11.5 Å². The number of nitrogens with one attached hydrogen (secondary N) is 2. The summed E-state index contributed by atoms with van der Waals surface area (Å²) < 4.78 is 11.5. The number of amides is 1. The van der Waals surface area contributed by atoms with Gasteiger partial charge in [-0.05, 0) is 38.5 Å². The number of hydrogen-bond donors (Lipinski definition) is 2. The highest BCUT2D eigenvalue weighted by atomic mass is 16.6. The van der Waals surface area contributed by atoms with Crippen molar-refractivity contribution in [1.29, 1.82) is 0 Å². The Morgan fingerprint density at radius 1 is 1.13 bits per heavy atom. The van der Waals surface area contributed by atoms with Crippen LogP contribution >= 0.6 is 0 Å². The number of fused-ring (bicyclic) bond motifs is 1. The molecule has 2 N–H and O–H groups in total. The van der Waals surface area contributed by atoms with Crippen molar-refractivity contribution in [3.63, 3.8) is 0 Å². The minimum atomic E-state index is -0.646. The van der Waals surface area contributed by atoms with E-state index in [0.717, 1.165) is 16.2 Å². The SMILES string of the molecule is CC(=O)c1c(C)[nH]c(C(=O)C[NH+]2CCN(C(=O)[C@@H]3COc4ccccc4O3)CC2)c1C. The summed E-state index contributed by atoms with van der Waals surface area (Å²) in [7, 11) is 0. The number of para-hydroxylation sites is 2. The molecule has 2 aliphatic rings. The predicted molar refractivity (Wildman–Crippen MR) is 113 cm³/mol. The van der Waals surface area contributed by atoms with E-state index in [1.54, 1.807) is 11.0 Å². The number of ether oxygens (including phenoxy) is 2. The van der Waals surface area contributed by atoms with Gasteiger partial charge in [0.05, 0.1) is 31.9 Å². The molecule has 8 heteroatoms. The number of carbonyl (C=O) groups excluding carboxylic acids is 3. The van der Waals surface area contributed by atoms with Crippen LogP contribution in [0.25, 0.3) is 0 Å². The smallest absolute Gasteiger partial charge is 0.267 e. The maximum Gasteiger partial charge on any atom is 0.267 e. The molecule has 1 saturated heterocycles. The van der Waals surface area contributed by atoms with E-state index in [-0.39, 0.29) is 24.1 Å². The van der Waals surface area contributed by atoms with Crippen LogP contribution in [0.15, 0.2) is 24.3 Å². The summed E-state index contributed by atoms with van der Waals surface area (Å²) >= 11 is 0. The zero-order valence-electron chi connectivity index (χ0n) is 18.1. The molecule has 0 unspecified atom stereocenters. The number of nitrogens with zero attached hydrogens (tertiary/aromatic N) is 1. The first-order chi connectivity index (χ1) is 14.8. The van der Waals surface area contributed by atoms with Crippen LogP contribution in [0.3, 0.4) is 0 Å². The fourth-order valence-corrected chi connectivity index (χ4v) is 4.44. The molecule has 0 spiro atoms. The van der Waals surface area contributed by atoms with E-state index in [2.05, 4.69) is 4.98 Å². The van der Waals surface area contributed by atoms with E-state index in [4.69, 9.17) is 9.47 Å². The standard InChI is InChI=1S/C23H27N3O5/c1-14-21(16(3)27)15(2)24-22(14)17(28)12-25-8-10-26(11-9-25)23(29)20-13-30-18-6-4-5-7-19(18)31-20/h4-7,20,24H,8-13H2,1-3H3/p+1/t20-/m0/s1. The van der Waals surface area contributed by atoms with Crippen molar-refractivity contribution in [3.05, 3.63) is 46.8 Å². The predicted octanol–water partition coefficient (Wildman–Crippen LogP) is 0.584. The van der Waals surface area contributed by atoms with Gasteiger partial charge in [-0.1, -0.05) is 12.1 Å². The second-order valence-corrected chi connectivity index (χ2v) is 8.22. The molecule has 31 heavy (non-hydrogen) atoms. The molecule has 4 rings (SSSR count). The Morgan fingerprint density at radius 3 is 2.45 bits per heavy atom. The van der Waals surface area contributed by atoms with Crippen LogP contribution in [-0.2, 0) is 4.79 Å². The average Bonchev–Trinajstić information content (AvgIpc) is 3.07. The molecule has 0 saturated carbocycles. The summed E-state index contributed by atoms with van der Waals surface area (Å²) in [6.45, 7) is 8.15. The van der Waals surface area contributed by atoms with Crippen molar-refractivity contribution in [1.82, 2.24) is 9.88 Å². The molecular weight excluding hydrogens is 398 g/mol. The highest BCUT2D eigenvalue weighted by Crippen LogP contribution is 2.31. The number of ketones is 2. The Hall–Kier alpha value is -3.13. The zero-order valence-corrected chi connectivity index (χ0v) is 18.1. The summed E-state index contributed by atoms with van der Waals surface area (Å²) in [5.41, 5.74) is 2.57. The van der Waals surface area contributed by atoms with Crippen LogP contribution in [0.2, 0.25) is 0 Å². The van der Waals surface area contributed by atoms with Crippen molar-refractivity contribution in [2.45, 2.75) is 26.9 Å². The van der Waals surface area contributed by atoms with Gasteiger partial charge in [0.2, 0.25) is 11.9 Å². The van der Waals surface area contributed by atoms with Gasteiger partial charge in [-0.25, -0.2) is 0 Å². The van der Waals surface area contributed by atoms with Crippen molar-refractivity contribution in [2.75, 3.05) is 39.3 Å². The van der Waals surface area contributed by atoms with Crippen molar-refractivity contribution in [3.8, 4) is 11.5 Å². The van der Waals surface area contributed by atoms with Gasteiger partial charge in [-0.3, -0.25) is 14.4 Å². The van der Waals surface area contributed by atoms with Crippen LogP contribution < -0.4 is 14.4 Å².